The van der Waals surface area contributed by atoms with E-state index in [-0.39, 0.29) is 29.6 Å². The quantitative estimate of drug-likeness (QED) is 0.586. The van der Waals surface area contributed by atoms with Crippen molar-refractivity contribution in [3.8, 4) is 0 Å². The third kappa shape index (κ3) is 4.89. The van der Waals surface area contributed by atoms with Crippen LogP contribution < -0.4 is 11.5 Å². The van der Waals surface area contributed by atoms with E-state index in [1.165, 1.54) is 6.07 Å². The lowest BCUT2D eigenvalue weighted by molar-refractivity contribution is -0.188. The second-order valence-corrected chi connectivity index (χ2v) is 9.94. The predicted octanol–water partition coefficient (Wildman–Crippen LogP) is 2.94. The molecule has 2 unspecified atom stereocenters. The van der Waals surface area contributed by atoms with Crippen LogP contribution in [0, 0.1) is 5.41 Å². The Labute approximate surface area is 214 Å². The summed E-state index contributed by atoms with van der Waals surface area (Å²) in [4.78, 5) is 38.0. The molecule has 2 fully saturated rings. The number of amides is 3. The van der Waals surface area contributed by atoms with Gasteiger partial charge < -0.3 is 30.4 Å². The van der Waals surface area contributed by atoms with E-state index in [0.29, 0.717) is 19.5 Å². The van der Waals surface area contributed by atoms with Crippen LogP contribution in [0.15, 0.2) is 59.1 Å². The minimum atomic E-state index is -1.20. The minimum Gasteiger partial charge on any atom is -0.441 e. The van der Waals surface area contributed by atoms with E-state index in [1.54, 1.807) is 11.0 Å². The Morgan fingerprint density at radius 3 is 2.49 bits per heavy atom. The fourth-order valence-corrected chi connectivity index (χ4v) is 5.42. The lowest BCUT2D eigenvalue weighted by atomic mass is 9.60. The number of ether oxygens (including phenoxy) is 2. The zero-order chi connectivity index (χ0) is 26.0. The van der Waals surface area contributed by atoms with Crippen LogP contribution >= 0.6 is 0 Å². The smallest absolute Gasteiger partial charge is 0.410 e. The Hall–Kier alpha value is -3.92. The van der Waals surface area contributed by atoms with Crippen molar-refractivity contribution in [2.75, 3.05) is 13.1 Å². The van der Waals surface area contributed by atoms with Crippen LogP contribution in [-0.2, 0) is 20.9 Å². The molecule has 1 saturated carbocycles. The number of hydrogen-bond acceptors (Lipinski definition) is 7. The highest BCUT2D eigenvalue weighted by atomic mass is 16.6. The van der Waals surface area contributed by atoms with Gasteiger partial charge in [-0.25, -0.2) is 4.79 Å². The fraction of sp³-hybridized carbons (Fsp3) is 0.407. The first-order valence-electron chi connectivity index (χ1n) is 12.4. The molecule has 10 nitrogen and oxygen atoms in total. The van der Waals surface area contributed by atoms with E-state index in [1.807, 2.05) is 42.5 Å². The monoisotopic (exact) mass is 506 g/mol. The molecule has 1 spiro atoms. The van der Waals surface area contributed by atoms with Gasteiger partial charge in [0.15, 0.2) is 23.7 Å². The Bertz CT molecular complexity index is 1240. The first-order valence-corrected chi connectivity index (χ1v) is 12.4. The van der Waals surface area contributed by atoms with Gasteiger partial charge in [-0.3, -0.25) is 9.59 Å². The summed E-state index contributed by atoms with van der Waals surface area (Å²) in [6.45, 7) is 0.879. The van der Waals surface area contributed by atoms with Crippen LogP contribution in [0.5, 0.6) is 0 Å². The zero-order valence-corrected chi connectivity index (χ0v) is 20.4. The predicted molar refractivity (Wildman–Crippen MR) is 133 cm³/mol. The van der Waals surface area contributed by atoms with Gasteiger partial charge in [-0.05, 0) is 42.9 Å². The molecule has 3 aliphatic rings. The minimum absolute atomic E-state index is 0.0186. The number of benzene rings is 1. The highest BCUT2D eigenvalue weighted by molar-refractivity contribution is 5.91. The number of hydrogen-bond donors (Lipinski definition) is 2. The number of primary amides is 2. The molecular formula is C27H30N4O6. The van der Waals surface area contributed by atoms with Gasteiger partial charge in [-0.2, -0.15) is 0 Å². The molecule has 37 heavy (non-hydrogen) atoms. The Kier molecular flexibility index (Phi) is 6.59. The van der Waals surface area contributed by atoms with Gasteiger partial charge in [-0.1, -0.05) is 47.6 Å². The van der Waals surface area contributed by atoms with Crippen LogP contribution in [0.2, 0.25) is 0 Å². The van der Waals surface area contributed by atoms with E-state index in [0.717, 1.165) is 36.8 Å². The summed E-state index contributed by atoms with van der Waals surface area (Å²) in [5.74, 6) is -0.974. The molecule has 1 saturated heterocycles. The van der Waals surface area contributed by atoms with Crippen molar-refractivity contribution in [3.05, 3.63) is 71.6 Å². The molecule has 2 heterocycles. The number of allylic oxidation sites excluding steroid dienone is 2. The van der Waals surface area contributed by atoms with Crippen molar-refractivity contribution in [2.45, 2.75) is 50.4 Å². The maximum atomic E-state index is 12.7. The molecule has 1 aromatic carbocycles. The highest BCUT2D eigenvalue weighted by Crippen LogP contribution is 2.53. The number of rotatable bonds is 7. The normalized spacial score (nSPS) is 24.3. The fourth-order valence-electron chi connectivity index (χ4n) is 5.42. The van der Waals surface area contributed by atoms with Crippen molar-refractivity contribution < 1.29 is 28.4 Å². The third-order valence-corrected chi connectivity index (χ3v) is 7.78. The lowest BCUT2D eigenvalue weighted by Gasteiger charge is -2.55. The molecule has 0 bridgehead atoms. The molecule has 5 rings (SSSR count). The summed E-state index contributed by atoms with van der Waals surface area (Å²) >= 11 is 0. The van der Waals surface area contributed by atoms with E-state index < -0.39 is 23.5 Å². The van der Waals surface area contributed by atoms with Gasteiger partial charge >= 0.3 is 6.09 Å². The Morgan fingerprint density at radius 2 is 1.86 bits per heavy atom. The molecule has 3 amide bonds. The van der Waals surface area contributed by atoms with Crippen LogP contribution in [0.4, 0.5) is 4.79 Å². The average Bonchev–Trinajstić information content (AvgIpc) is 3.40. The molecule has 1 aliphatic heterocycles. The first kappa shape index (κ1) is 24.8. The van der Waals surface area contributed by atoms with Gasteiger partial charge in [0.2, 0.25) is 0 Å². The molecule has 1 aromatic heterocycles. The Balaban J connectivity index is 1.18. The summed E-state index contributed by atoms with van der Waals surface area (Å²) < 4.78 is 16.8. The number of piperidine rings is 1. The van der Waals surface area contributed by atoms with Crippen molar-refractivity contribution in [1.82, 2.24) is 10.1 Å². The molecule has 2 aliphatic carbocycles. The van der Waals surface area contributed by atoms with Crippen molar-refractivity contribution in [2.24, 2.45) is 16.9 Å². The molecule has 2 atom stereocenters. The number of carbonyl (C=O) groups is 3. The summed E-state index contributed by atoms with van der Waals surface area (Å²) in [5.41, 5.74) is 11.8. The maximum absolute atomic E-state index is 12.7. The van der Waals surface area contributed by atoms with Gasteiger partial charge in [-0.15, -0.1) is 0 Å². The molecule has 4 N–H and O–H groups in total. The Morgan fingerprint density at radius 1 is 1.11 bits per heavy atom. The second kappa shape index (κ2) is 9.85. The standard InChI is InChI=1S/C27H30N4O6/c28-23(32)21-15-20(37-30-21)17-35-25(34)31-13-11-26(12-14-31)10-8-22(26)36-27(24(29)33)9-4-7-19(16-27)18-5-2-1-3-6-18/h1-7,9,15,22H,8,10-14,16-17H2,(H2,28,32)(H2,29,33). The number of aromatic nitrogens is 1. The summed E-state index contributed by atoms with van der Waals surface area (Å²) in [6, 6.07) is 11.2. The number of nitrogens with zero attached hydrogens (tertiary/aromatic N) is 2. The van der Waals surface area contributed by atoms with E-state index in [2.05, 4.69) is 5.16 Å². The van der Waals surface area contributed by atoms with Crippen LogP contribution in [-0.4, -0.2) is 52.8 Å². The molecule has 2 aromatic rings. The lowest BCUT2D eigenvalue weighted by Crippen LogP contribution is -2.58. The van der Waals surface area contributed by atoms with E-state index in [9.17, 15) is 14.4 Å². The summed E-state index contributed by atoms with van der Waals surface area (Å²) in [6.07, 6.45) is 8.68. The van der Waals surface area contributed by atoms with Crippen molar-refractivity contribution >= 4 is 23.5 Å². The summed E-state index contributed by atoms with van der Waals surface area (Å²) in [5, 5.41) is 3.53. The van der Waals surface area contributed by atoms with Crippen LogP contribution in [0.3, 0.4) is 0 Å². The molecule has 194 valence electrons. The SMILES string of the molecule is NC(=O)c1cc(COC(=O)N2CCC3(CCC3OC3(C(N)=O)C=CC=C(c4ccccc4)C3)CC2)on1. The molecular weight excluding hydrogens is 476 g/mol. The second-order valence-electron chi connectivity index (χ2n) is 9.94. The third-order valence-electron chi connectivity index (χ3n) is 7.78. The van der Waals surface area contributed by atoms with E-state index in [4.69, 9.17) is 25.5 Å². The highest BCUT2D eigenvalue weighted by Gasteiger charge is 2.53. The molecule has 10 heteroatoms. The van der Waals surface area contributed by atoms with Gasteiger partial charge in [0.1, 0.15) is 0 Å². The van der Waals surface area contributed by atoms with Gasteiger partial charge in [0.05, 0.1) is 6.10 Å². The summed E-state index contributed by atoms with van der Waals surface area (Å²) in [7, 11) is 0. The van der Waals surface area contributed by atoms with E-state index >= 15 is 0 Å². The van der Waals surface area contributed by atoms with Crippen molar-refractivity contribution in [3.63, 3.8) is 0 Å². The van der Waals surface area contributed by atoms with Crippen LogP contribution in [0.25, 0.3) is 5.57 Å². The average molecular weight is 507 g/mol. The van der Waals surface area contributed by atoms with Gasteiger partial charge in [0, 0.05) is 31.0 Å². The topological polar surface area (TPSA) is 151 Å². The zero-order valence-electron chi connectivity index (χ0n) is 20.4. The number of nitrogens with two attached hydrogens (primary N) is 2. The largest absolute Gasteiger partial charge is 0.441 e. The maximum Gasteiger partial charge on any atom is 0.410 e. The van der Waals surface area contributed by atoms with Crippen molar-refractivity contribution in [1.29, 1.82) is 0 Å². The number of likely N-dealkylation sites (tertiary alicyclic amines) is 1. The molecule has 0 radical (unpaired) electrons. The van der Waals surface area contributed by atoms with Gasteiger partial charge in [0.25, 0.3) is 11.8 Å². The first-order chi connectivity index (χ1) is 17.8. The van der Waals surface area contributed by atoms with Crippen LogP contribution in [0.1, 0.15) is 53.9 Å². The number of carbonyl (C=O) groups excluding carboxylic acids is 3.